The number of rotatable bonds is 3. The number of hydrogen-bond acceptors (Lipinski definition) is 2. The van der Waals surface area contributed by atoms with E-state index in [1.54, 1.807) is 30.6 Å². The zero-order valence-electron chi connectivity index (χ0n) is 6.27. The molecule has 0 saturated heterocycles. The lowest BCUT2D eigenvalue weighted by atomic mass is 10.1. The second-order valence-corrected chi connectivity index (χ2v) is 2.15. The molecule has 0 N–H and O–H groups in total. The standard InChI is InChI=1S/C8H6N3O/c9-11-10-5-7-3-1-2-4-8(7)6-12/h1-4H,5H2. The molecule has 59 valence electrons. The van der Waals surface area contributed by atoms with Crippen molar-refractivity contribution in [2.45, 2.75) is 6.54 Å². The van der Waals surface area contributed by atoms with E-state index in [0.29, 0.717) is 11.1 Å². The first-order chi connectivity index (χ1) is 5.88. The monoisotopic (exact) mass is 160 g/mol. The molecule has 0 aliphatic rings. The van der Waals surface area contributed by atoms with E-state index >= 15 is 0 Å². The number of nitrogens with zero attached hydrogens (tertiary/aromatic N) is 3. The first-order valence-electron chi connectivity index (χ1n) is 3.35. The van der Waals surface area contributed by atoms with Crippen molar-refractivity contribution in [3.63, 3.8) is 0 Å². The lowest BCUT2D eigenvalue weighted by Gasteiger charge is -1.96. The molecule has 1 rings (SSSR count). The second kappa shape index (κ2) is 4.16. The molecule has 0 unspecified atom stereocenters. The van der Waals surface area contributed by atoms with Crippen molar-refractivity contribution in [3.8, 4) is 0 Å². The van der Waals surface area contributed by atoms with E-state index in [-0.39, 0.29) is 6.54 Å². The Morgan fingerprint density at radius 2 is 2.25 bits per heavy atom. The topological polar surface area (TPSA) is 65.8 Å². The first kappa shape index (κ1) is 8.30. The molecule has 12 heavy (non-hydrogen) atoms. The molecule has 4 heteroatoms. The number of carbonyl (C=O) groups excluding carboxylic acids is 1. The van der Waals surface area contributed by atoms with Crippen LogP contribution in [-0.2, 0) is 11.3 Å². The van der Waals surface area contributed by atoms with Crippen LogP contribution in [0.15, 0.2) is 29.4 Å². The van der Waals surface area contributed by atoms with Crippen molar-refractivity contribution in [2.75, 3.05) is 0 Å². The summed E-state index contributed by atoms with van der Waals surface area (Å²) in [5, 5.41) is 3.35. The average molecular weight is 160 g/mol. The molecule has 1 aromatic carbocycles. The third kappa shape index (κ3) is 1.84. The van der Waals surface area contributed by atoms with Crippen LogP contribution in [0.2, 0.25) is 0 Å². The van der Waals surface area contributed by atoms with Crippen molar-refractivity contribution in [1.29, 1.82) is 0 Å². The SMILES string of the molecule is [N-]=[N+]=NCc1ccccc1[C]=O. The summed E-state index contributed by atoms with van der Waals surface area (Å²) in [4.78, 5) is 12.9. The maximum Gasteiger partial charge on any atom is 0.233 e. The van der Waals surface area contributed by atoms with Gasteiger partial charge in [-0.25, -0.2) is 0 Å². The van der Waals surface area contributed by atoms with Crippen molar-refractivity contribution < 1.29 is 4.79 Å². The largest absolute Gasteiger partial charge is 0.285 e. The molecular formula is C8H6N3O. The number of azide groups is 1. The lowest BCUT2D eigenvalue weighted by molar-refractivity contribution is 0.562. The summed E-state index contributed by atoms with van der Waals surface area (Å²) >= 11 is 0. The summed E-state index contributed by atoms with van der Waals surface area (Å²) in [7, 11) is 0. The molecule has 0 atom stereocenters. The lowest BCUT2D eigenvalue weighted by Crippen LogP contribution is -1.89. The van der Waals surface area contributed by atoms with Crippen LogP contribution < -0.4 is 0 Å². The Labute approximate surface area is 69.5 Å². The van der Waals surface area contributed by atoms with Crippen LogP contribution in [0.1, 0.15) is 11.1 Å². The Hall–Kier alpha value is -1.80. The first-order valence-corrected chi connectivity index (χ1v) is 3.35. The molecule has 1 radical (unpaired) electrons. The van der Waals surface area contributed by atoms with Gasteiger partial charge in [0.05, 0.1) is 6.54 Å². The molecule has 0 spiro atoms. The molecule has 0 aliphatic heterocycles. The highest BCUT2D eigenvalue weighted by Crippen LogP contribution is 2.06. The van der Waals surface area contributed by atoms with Crippen LogP contribution in [0, 0.1) is 0 Å². The molecule has 0 bridgehead atoms. The van der Waals surface area contributed by atoms with E-state index in [0.717, 1.165) is 0 Å². The molecule has 1 aromatic rings. The van der Waals surface area contributed by atoms with E-state index in [9.17, 15) is 4.79 Å². The second-order valence-electron chi connectivity index (χ2n) is 2.15. The Bertz CT molecular complexity index is 329. The summed E-state index contributed by atoms with van der Waals surface area (Å²) in [6.45, 7) is 0.196. The summed E-state index contributed by atoms with van der Waals surface area (Å²) < 4.78 is 0. The Morgan fingerprint density at radius 3 is 2.92 bits per heavy atom. The van der Waals surface area contributed by atoms with Crippen molar-refractivity contribution in [2.24, 2.45) is 5.11 Å². The van der Waals surface area contributed by atoms with Crippen molar-refractivity contribution >= 4 is 6.29 Å². The van der Waals surface area contributed by atoms with Crippen LogP contribution in [0.25, 0.3) is 10.4 Å². The predicted molar refractivity (Wildman–Crippen MR) is 44.1 cm³/mol. The Morgan fingerprint density at radius 1 is 1.50 bits per heavy atom. The van der Waals surface area contributed by atoms with Crippen LogP contribution in [0.3, 0.4) is 0 Å². The van der Waals surface area contributed by atoms with Gasteiger partial charge in [0.2, 0.25) is 6.29 Å². The fourth-order valence-electron chi connectivity index (χ4n) is 0.866. The molecule has 0 saturated carbocycles. The van der Waals surface area contributed by atoms with Crippen LogP contribution in [-0.4, -0.2) is 6.29 Å². The van der Waals surface area contributed by atoms with Crippen LogP contribution in [0.5, 0.6) is 0 Å². The van der Waals surface area contributed by atoms with Crippen LogP contribution >= 0.6 is 0 Å². The Balaban J connectivity index is 2.96. The normalized spacial score (nSPS) is 8.67. The van der Waals surface area contributed by atoms with Gasteiger partial charge in [-0.2, -0.15) is 0 Å². The quantitative estimate of drug-likeness (QED) is 0.378. The van der Waals surface area contributed by atoms with E-state index in [1.165, 1.54) is 0 Å². The van der Waals surface area contributed by atoms with E-state index in [1.807, 2.05) is 0 Å². The molecule has 0 heterocycles. The summed E-state index contributed by atoms with van der Waals surface area (Å²) in [5.74, 6) is 0. The maximum atomic E-state index is 10.3. The highest BCUT2D eigenvalue weighted by atomic mass is 16.1. The summed E-state index contributed by atoms with van der Waals surface area (Å²) in [6.07, 6.45) is 1.77. The van der Waals surface area contributed by atoms with Gasteiger partial charge in [0.25, 0.3) is 0 Å². The Kier molecular flexibility index (Phi) is 2.87. The zero-order chi connectivity index (χ0) is 8.81. The van der Waals surface area contributed by atoms with Gasteiger partial charge >= 0.3 is 0 Å². The van der Waals surface area contributed by atoms with Crippen LogP contribution in [0.4, 0.5) is 0 Å². The highest BCUT2D eigenvalue weighted by molar-refractivity contribution is 5.77. The molecule has 0 aromatic heterocycles. The van der Waals surface area contributed by atoms with E-state index < -0.39 is 0 Å². The third-order valence-electron chi connectivity index (χ3n) is 1.43. The van der Waals surface area contributed by atoms with E-state index in [4.69, 9.17) is 5.53 Å². The van der Waals surface area contributed by atoms with Crippen molar-refractivity contribution in [3.05, 3.63) is 45.8 Å². The third-order valence-corrected chi connectivity index (χ3v) is 1.43. The molecule has 4 nitrogen and oxygen atoms in total. The predicted octanol–water partition coefficient (Wildman–Crippen LogP) is 1.95. The van der Waals surface area contributed by atoms with E-state index in [2.05, 4.69) is 10.0 Å². The molecule has 0 amide bonds. The highest BCUT2D eigenvalue weighted by Gasteiger charge is 1.97. The minimum Gasteiger partial charge on any atom is -0.285 e. The van der Waals surface area contributed by atoms with Gasteiger partial charge in [-0.05, 0) is 11.1 Å². The zero-order valence-corrected chi connectivity index (χ0v) is 6.27. The van der Waals surface area contributed by atoms with Gasteiger partial charge in [0, 0.05) is 10.5 Å². The van der Waals surface area contributed by atoms with Gasteiger partial charge < -0.3 is 0 Å². The summed E-state index contributed by atoms with van der Waals surface area (Å²) in [6, 6.07) is 6.88. The fraction of sp³-hybridized carbons (Fsp3) is 0.125. The fourth-order valence-corrected chi connectivity index (χ4v) is 0.866. The minimum absolute atomic E-state index is 0.196. The number of benzene rings is 1. The van der Waals surface area contributed by atoms with Gasteiger partial charge in [-0.1, -0.05) is 29.4 Å². The molecule has 0 fully saturated rings. The van der Waals surface area contributed by atoms with Gasteiger partial charge in [0.1, 0.15) is 0 Å². The van der Waals surface area contributed by atoms with Gasteiger partial charge in [-0.15, -0.1) is 0 Å². The molecular weight excluding hydrogens is 154 g/mol. The maximum absolute atomic E-state index is 10.3. The smallest absolute Gasteiger partial charge is 0.233 e. The summed E-state index contributed by atoms with van der Waals surface area (Å²) in [5.41, 5.74) is 9.20. The average Bonchev–Trinajstić information content (AvgIpc) is 2.15. The van der Waals surface area contributed by atoms with Gasteiger partial charge in [-0.3, -0.25) is 4.79 Å². The number of hydrogen-bond donors (Lipinski definition) is 0. The minimum atomic E-state index is 0.196. The van der Waals surface area contributed by atoms with Gasteiger partial charge in [0.15, 0.2) is 0 Å². The van der Waals surface area contributed by atoms with Crippen molar-refractivity contribution in [1.82, 2.24) is 0 Å². The molecule has 0 aliphatic carbocycles.